The Bertz CT molecular complexity index is 1110. The van der Waals surface area contributed by atoms with Crippen molar-refractivity contribution in [3.05, 3.63) is 75.3 Å². The van der Waals surface area contributed by atoms with Crippen LogP contribution in [0.4, 0.5) is 11.4 Å². The number of aryl methyl sites for hydroxylation is 1. The third-order valence-electron chi connectivity index (χ3n) is 4.65. The molecule has 1 amide bonds. The van der Waals surface area contributed by atoms with Gasteiger partial charge in [0.2, 0.25) is 5.88 Å². The Hall–Kier alpha value is -3.86. The number of nitrogens with zero attached hydrogens (tertiary/aromatic N) is 4. The van der Waals surface area contributed by atoms with E-state index in [-0.39, 0.29) is 22.7 Å². The normalized spacial score (nSPS) is 12.7. The number of nitro benzene ring substituents is 1. The topological polar surface area (TPSA) is 105 Å². The SMILES string of the molecule is Cc1oc(-n2cccc2)c(C#N)c1C(=O)N1CCc2ccc([N+](=O)[O-])cc21. The third-order valence-corrected chi connectivity index (χ3v) is 4.65. The van der Waals surface area contributed by atoms with E-state index in [1.807, 2.05) is 0 Å². The Kier molecular flexibility index (Phi) is 3.78. The first-order chi connectivity index (χ1) is 13.0. The van der Waals surface area contributed by atoms with Crippen LogP contribution in [0.15, 0.2) is 47.1 Å². The molecule has 0 unspecified atom stereocenters. The van der Waals surface area contributed by atoms with Crippen molar-refractivity contribution in [2.45, 2.75) is 13.3 Å². The minimum atomic E-state index is -0.491. The molecule has 27 heavy (non-hydrogen) atoms. The predicted molar refractivity (Wildman–Crippen MR) is 96.0 cm³/mol. The molecule has 0 radical (unpaired) electrons. The van der Waals surface area contributed by atoms with E-state index >= 15 is 0 Å². The Labute approximate surface area is 154 Å². The number of carbonyl (C=O) groups excluding carboxylic acids is 1. The molecule has 4 rings (SSSR count). The summed E-state index contributed by atoms with van der Waals surface area (Å²) in [7, 11) is 0. The summed E-state index contributed by atoms with van der Waals surface area (Å²) in [4.78, 5) is 25.3. The molecule has 0 saturated carbocycles. The minimum Gasteiger partial charge on any atom is -0.443 e. The molecule has 0 bridgehead atoms. The van der Waals surface area contributed by atoms with Crippen molar-refractivity contribution in [3.63, 3.8) is 0 Å². The molecule has 8 nitrogen and oxygen atoms in total. The van der Waals surface area contributed by atoms with Crippen LogP contribution in [0.5, 0.6) is 0 Å². The van der Waals surface area contributed by atoms with Gasteiger partial charge in [0, 0.05) is 31.1 Å². The van der Waals surface area contributed by atoms with Crippen LogP contribution in [0.3, 0.4) is 0 Å². The molecule has 134 valence electrons. The zero-order valence-corrected chi connectivity index (χ0v) is 14.4. The average molecular weight is 362 g/mol. The molecular weight excluding hydrogens is 348 g/mol. The third kappa shape index (κ3) is 2.57. The fourth-order valence-corrected chi connectivity index (χ4v) is 3.37. The van der Waals surface area contributed by atoms with Crippen molar-refractivity contribution in [3.8, 4) is 12.0 Å². The van der Waals surface area contributed by atoms with Crippen LogP contribution in [-0.4, -0.2) is 21.9 Å². The van der Waals surface area contributed by atoms with E-state index in [2.05, 4.69) is 6.07 Å². The van der Waals surface area contributed by atoms with Crippen molar-refractivity contribution in [2.75, 3.05) is 11.4 Å². The molecule has 1 aromatic carbocycles. The molecule has 0 spiro atoms. The monoisotopic (exact) mass is 362 g/mol. The molecule has 3 heterocycles. The molecule has 0 atom stereocenters. The minimum absolute atomic E-state index is 0.0779. The quantitative estimate of drug-likeness (QED) is 0.525. The first kappa shape index (κ1) is 16.6. The Morgan fingerprint density at radius 1 is 1.33 bits per heavy atom. The molecule has 0 saturated heterocycles. The average Bonchev–Trinajstić information content (AvgIpc) is 3.38. The van der Waals surface area contributed by atoms with Gasteiger partial charge in [0.05, 0.1) is 10.6 Å². The first-order valence-electron chi connectivity index (χ1n) is 8.27. The van der Waals surface area contributed by atoms with Gasteiger partial charge in [-0.3, -0.25) is 19.5 Å². The van der Waals surface area contributed by atoms with Crippen molar-refractivity contribution in [1.29, 1.82) is 5.26 Å². The summed E-state index contributed by atoms with van der Waals surface area (Å²) >= 11 is 0. The second-order valence-electron chi connectivity index (χ2n) is 6.19. The standard InChI is InChI=1S/C19H14N4O4/c1-12-17(15(11-20)19(27-12)21-7-2-3-8-21)18(24)22-9-6-13-4-5-14(23(25)26)10-16(13)22/h2-5,7-8,10H,6,9H2,1H3. The smallest absolute Gasteiger partial charge is 0.271 e. The number of hydrogen-bond acceptors (Lipinski definition) is 5. The number of nitriles is 1. The van der Waals surface area contributed by atoms with E-state index in [4.69, 9.17) is 4.42 Å². The number of fused-ring (bicyclic) bond motifs is 1. The zero-order valence-electron chi connectivity index (χ0n) is 14.4. The van der Waals surface area contributed by atoms with Gasteiger partial charge in [-0.25, -0.2) is 0 Å². The largest absolute Gasteiger partial charge is 0.443 e. The lowest BCUT2D eigenvalue weighted by Crippen LogP contribution is -2.29. The van der Waals surface area contributed by atoms with E-state index < -0.39 is 10.8 Å². The van der Waals surface area contributed by atoms with Crippen molar-refractivity contribution in [2.24, 2.45) is 0 Å². The van der Waals surface area contributed by atoms with Gasteiger partial charge in [-0.1, -0.05) is 6.07 Å². The Balaban J connectivity index is 1.79. The molecule has 2 aromatic heterocycles. The number of nitro groups is 1. The number of amides is 1. The Morgan fingerprint density at radius 3 is 2.74 bits per heavy atom. The summed E-state index contributed by atoms with van der Waals surface area (Å²) in [5.41, 5.74) is 1.61. The number of non-ortho nitro benzene ring substituents is 1. The first-order valence-corrected chi connectivity index (χ1v) is 8.27. The van der Waals surface area contributed by atoms with Crippen molar-refractivity contribution in [1.82, 2.24) is 4.57 Å². The van der Waals surface area contributed by atoms with Crippen LogP contribution in [0.1, 0.15) is 27.2 Å². The van der Waals surface area contributed by atoms with Gasteiger partial charge in [-0.2, -0.15) is 5.26 Å². The highest BCUT2D eigenvalue weighted by molar-refractivity contribution is 6.10. The van der Waals surface area contributed by atoms with Crippen LogP contribution in [0.25, 0.3) is 5.88 Å². The summed E-state index contributed by atoms with van der Waals surface area (Å²) in [6.45, 7) is 2.02. The molecule has 0 aliphatic carbocycles. The molecule has 1 aliphatic heterocycles. The summed E-state index contributed by atoms with van der Waals surface area (Å²) < 4.78 is 7.33. The molecule has 8 heteroatoms. The van der Waals surface area contributed by atoms with Gasteiger partial charge in [0.25, 0.3) is 11.6 Å². The van der Waals surface area contributed by atoms with E-state index in [1.165, 1.54) is 17.0 Å². The van der Waals surface area contributed by atoms with Gasteiger partial charge in [-0.15, -0.1) is 0 Å². The summed E-state index contributed by atoms with van der Waals surface area (Å²) in [6.07, 6.45) is 4.05. The zero-order chi connectivity index (χ0) is 19.1. The van der Waals surface area contributed by atoms with Crippen LogP contribution in [0.2, 0.25) is 0 Å². The number of hydrogen-bond donors (Lipinski definition) is 0. The maximum Gasteiger partial charge on any atom is 0.271 e. The van der Waals surface area contributed by atoms with E-state index in [9.17, 15) is 20.2 Å². The maximum absolute atomic E-state index is 13.2. The van der Waals surface area contributed by atoms with E-state index in [0.29, 0.717) is 24.4 Å². The fraction of sp³-hybridized carbons (Fsp3) is 0.158. The van der Waals surface area contributed by atoms with E-state index in [1.54, 1.807) is 42.1 Å². The van der Waals surface area contributed by atoms with Gasteiger partial charge in [0.1, 0.15) is 23.0 Å². The maximum atomic E-state index is 13.2. The number of anilines is 1. The molecule has 1 aliphatic rings. The van der Waals surface area contributed by atoms with Gasteiger partial charge >= 0.3 is 0 Å². The molecular formula is C19H14N4O4. The molecule has 0 fully saturated rings. The predicted octanol–water partition coefficient (Wildman–Crippen LogP) is 3.36. The number of rotatable bonds is 3. The van der Waals surface area contributed by atoms with Gasteiger partial charge in [0.15, 0.2) is 0 Å². The summed E-state index contributed by atoms with van der Waals surface area (Å²) in [5.74, 6) is 0.214. The second kappa shape index (κ2) is 6.14. The highest BCUT2D eigenvalue weighted by Gasteiger charge is 2.33. The number of carbonyl (C=O) groups is 1. The lowest BCUT2D eigenvalue weighted by Gasteiger charge is -2.17. The van der Waals surface area contributed by atoms with Crippen LogP contribution in [-0.2, 0) is 6.42 Å². The summed E-state index contributed by atoms with van der Waals surface area (Å²) in [6, 6.07) is 10.1. The van der Waals surface area contributed by atoms with Crippen LogP contribution < -0.4 is 4.90 Å². The van der Waals surface area contributed by atoms with Gasteiger partial charge in [-0.05, 0) is 31.0 Å². The lowest BCUT2D eigenvalue weighted by molar-refractivity contribution is -0.384. The fourth-order valence-electron chi connectivity index (χ4n) is 3.37. The number of furan rings is 1. The highest BCUT2D eigenvalue weighted by atomic mass is 16.6. The second-order valence-corrected chi connectivity index (χ2v) is 6.19. The lowest BCUT2D eigenvalue weighted by atomic mass is 10.1. The van der Waals surface area contributed by atoms with Crippen LogP contribution >= 0.6 is 0 Å². The molecule has 0 N–H and O–H groups in total. The molecule has 3 aromatic rings. The number of aromatic nitrogens is 1. The van der Waals surface area contributed by atoms with Crippen LogP contribution in [0, 0.1) is 28.4 Å². The van der Waals surface area contributed by atoms with Crippen molar-refractivity contribution < 1.29 is 14.1 Å². The number of benzene rings is 1. The van der Waals surface area contributed by atoms with E-state index in [0.717, 1.165) is 5.56 Å². The Morgan fingerprint density at radius 2 is 2.07 bits per heavy atom. The summed E-state index contributed by atoms with van der Waals surface area (Å²) in [5, 5.41) is 20.7. The highest BCUT2D eigenvalue weighted by Crippen LogP contribution is 2.35. The van der Waals surface area contributed by atoms with Gasteiger partial charge < -0.3 is 9.32 Å². The van der Waals surface area contributed by atoms with Crippen molar-refractivity contribution >= 4 is 17.3 Å².